The third-order valence-electron chi connectivity index (χ3n) is 3.82. The zero-order chi connectivity index (χ0) is 17.7. The van der Waals surface area contributed by atoms with E-state index in [0.717, 1.165) is 0 Å². The van der Waals surface area contributed by atoms with Crippen molar-refractivity contribution < 1.29 is 14.1 Å². The van der Waals surface area contributed by atoms with Crippen molar-refractivity contribution in [2.24, 2.45) is 0 Å². The third kappa shape index (κ3) is 4.07. The molecule has 0 heterocycles. The second-order valence-electron chi connectivity index (χ2n) is 5.39. The van der Waals surface area contributed by atoms with E-state index in [4.69, 9.17) is 0 Å². The molecule has 0 bridgehead atoms. The normalized spacial score (nSPS) is 11.6. The molecule has 0 radical (unpaired) electrons. The number of urea groups is 1. The fourth-order valence-corrected chi connectivity index (χ4v) is 2.28. The van der Waals surface area contributed by atoms with Crippen molar-refractivity contribution in [2.45, 2.75) is 19.5 Å². The van der Waals surface area contributed by atoms with Crippen molar-refractivity contribution in [3.8, 4) is 0 Å². The first kappa shape index (κ1) is 17.4. The van der Waals surface area contributed by atoms with Crippen LogP contribution in [-0.4, -0.2) is 22.9 Å². The number of non-ortho nitro benzene ring substituents is 1. The predicted octanol–water partition coefficient (Wildman–Crippen LogP) is 3.64. The number of carbonyl (C=O) groups excluding carboxylic acids is 1. The molecular formula is C17H18FN3O3. The number of nitrogens with one attached hydrogen (secondary N) is 1. The van der Waals surface area contributed by atoms with Gasteiger partial charge in [-0.1, -0.05) is 30.3 Å². The van der Waals surface area contributed by atoms with Crippen molar-refractivity contribution in [1.29, 1.82) is 0 Å². The van der Waals surface area contributed by atoms with Gasteiger partial charge in [0.05, 0.1) is 11.0 Å². The van der Waals surface area contributed by atoms with Crippen molar-refractivity contribution in [3.05, 3.63) is 75.6 Å². The van der Waals surface area contributed by atoms with E-state index in [1.54, 1.807) is 44.3 Å². The fourth-order valence-electron chi connectivity index (χ4n) is 2.28. The summed E-state index contributed by atoms with van der Waals surface area (Å²) in [5, 5.41) is 13.4. The molecule has 7 heteroatoms. The van der Waals surface area contributed by atoms with Gasteiger partial charge in [-0.05, 0) is 18.6 Å². The summed E-state index contributed by atoms with van der Waals surface area (Å²) in [5.74, 6) is -0.372. The number of nitrogens with zero attached hydrogens (tertiary/aromatic N) is 2. The molecule has 126 valence electrons. The molecule has 1 N–H and O–H groups in total. The molecule has 0 saturated heterocycles. The Hall–Kier alpha value is -2.96. The number of carbonyl (C=O) groups is 1. The highest BCUT2D eigenvalue weighted by atomic mass is 19.1. The maximum absolute atomic E-state index is 13.8. The zero-order valence-electron chi connectivity index (χ0n) is 13.4. The van der Waals surface area contributed by atoms with E-state index in [-0.39, 0.29) is 18.0 Å². The first-order valence-electron chi connectivity index (χ1n) is 7.38. The lowest BCUT2D eigenvalue weighted by Crippen LogP contribution is -2.38. The van der Waals surface area contributed by atoms with Gasteiger partial charge in [-0.3, -0.25) is 10.1 Å². The van der Waals surface area contributed by atoms with Gasteiger partial charge < -0.3 is 10.2 Å². The Balaban J connectivity index is 2.00. The summed E-state index contributed by atoms with van der Waals surface area (Å²) < 4.78 is 13.8. The quantitative estimate of drug-likeness (QED) is 0.671. The van der Waals surface area contributed by atoms with Gasteiger partial charge in [-0.2, -0.15) is 0 Å². The Morgan fingerprint density at radius 3 is 2.67 bits per heavy atom. The second-order valence-corrected chi connectivity index (χ2v) is 5.39. The first-order chi connectivity index (χ1) is 11.4. The summed E-state index contributed by atoms with van der Waals surface area (Å²) in [5.41, 5.74) is 1.00. The van der Waals surface area contributed by atoms with E-state index in [0.29, 0.717) is 11.1 Å². The Labute approximate surface area is 139 Å². The predicted molar refractivity (Wildman–Crippen MR) is 87.9 cm³/mol. The molecule has 0 fully saturated rings. The highest BCUT2D eigenvalue weighted by Gasteiger charge is 2.19. The molecule has 0 saturated carbocycles. The number of amides is 2. The van der Waals surface area contributed by atoms with Crippen molar-refractivity contribution >= 4 is 11.7 Å². The topological polar surface area (TPSA) is 75.5 Å². The van der Waals surface area contributed by atoms with Crippen LogP contribution in [0.1, 0.15) is 24.1 Å². The van der Waals surface area contributed by atoms with Crippen LogP contribution in [0.3, 0.4) is 0 Å². The Morgan fingerprint density at radius 1 is 1.29 bits per heavy atom. The number of halogens is 1. The minimum Gasteiger partial charge on any atom is -0.334 e. The van der Waals surface area contributed by atoms with Gasteiger partial charge in [-0.15, -0.1) is 0 Å². The lowest BCUT2D eigenvalue weighted by Gasteiger charge is -2.26. The molecule has 0 aliphatic carbocycles. The molecule has 2 amide bonds. The van der Waals surface area contributed by atoms with Crippen LogP contribution in [0.4, 0.5) is 14.9 Å². The molecule has 0 aromatic heterocycles. The molecule has 1 atom stereocenters. The van der Waals surface area contributed by atoms with Gasteiger partial charge in [0.2, 0.25) is 0 Å². The van der Waals surface area contributed by atoms with Gasteiger partial charge in [0.25, 0.3) is 5.69 Å². The van der Waals surface area contributed by atoms with Gasteiger partial charge in [-0.25, -0.2) is 9.18 Å². The number of nitro groups is 1. The lowest BCUT2D eigenvalue weighted by atomic mass is 10.1. The molecule has 0 aliphatic rings. The minimum atomic E-state index is -0.488. The van der Waals surface area contributed by atoms with Crippen LogP contribution in [0, 0.1) is 15.9 Å². The van der Waals surface area contributed by atoms with E-state index in [1.165, 1.54) is 23.1 Å². The van der Waals surface area contributed by atoms with Crippen LogP contribution in [0.25, 0.3) is 0 Å². The molecule has 2 rings (SSSR count). The molecule has 1 unspecified atom stereocenters. The van der Waals surface area contributed by atoms with Crippen molar-refractivity contribution in [3.63, 3.8) is 0 Å². The van der Waals surface area contributed by atoms with Gasteiger partial charge in [0, 0.05) is 31.3 Å². The maximum atomic E-state index is 13.8. The summed E-state index contributed by atoms with van der Waals surface area (Å²) in [7, 11) is 1.57. The van der Waals surface area contributed by atoms with Gasteiger partial charge >= 0.3 is 6.03 Å². The average molecular weight is 331 g/mol. The van der Waals surface area contributed by atoms with Crippen molar-refractivity contribution in [1.82, 2.24) is 10.2 Å². The summed E-state index contributed by atoms with van der Waals surface area (Å²) in [4.78, 5) is 23.9. The van der Waals surface area contributed by atoms with Crippen LogP contribution in [0.5, 0.6) is 0 Å². The van der Waals surface area contributed by atoms with Crippen LogP contribution in [0.15, 0.2) is 48.5 Å². The fraction of sp³-hybridized carbons (Fsp3) is 0.235. The maximum Gasteiger partial charge on any atom is 0.317 e. The Kier molecular flexibility index (Phi) is 5.47. The van der Waals surface area contributed by atoms with Crippen LogP contribution < -0.4 is 5.32 Å². The van der Waals surface area contributed by atoms with Gasteiger partial charge in [0.1, 0.15) is 5.82 Å². The summed E-state index contributed by atoms with van der Waals surface area (Å²) in [6.45, 7) is 1.88. The van der Waals surface area contributed by atoms with E-state index < -0.39 is 17.0 Å². The molecular weight excluding hydrogens is 313 g/mol. The van der Waals surface area contributed by atoms with E-state index in [1.807, 2.05) is 0 Å². The third-order valence-corrected chi connectivity index (χ3v) is 3.82. The van der Waals surface area contributed by atoms with E-state index >= 15 is 0 Å². The lowest BCUT2D eigenvalue weighted by molar-refractivity contribution is -0.384. The smallest absolute Gasteiger partial charge is 0.317 e. The summed E-state index contributed by atoms with van der Waals surface area (Å²) in [6.07, 6.45) is 0. The summed E-state index contributed by atoms with van der Waals surface area (Å²) in [6, 6.07) is 11.5. The summed E-state index contributed by atoms with van der Waals surface area (Å²) >= 11 is 0. The number of rotatable bonds is 5. The number of nitro benzene ring substituents is 1. The van der Waals surface area contributed by atoms with Crippen LogP contribution in [0.2, 0.25) is 0 Å². The van der Waals surface area contributed by atoms with Crippen LogP contribution >= 0.6 is 0 Å². The average Bonchev–Trinajstić information content (AvgIpc) is 2.59. The molecule has 0 spiro atoms. The largest absolute Gasteiger partial charge is 0.334 e. The molecule has 2 aromatic rings. The number of hydrogen-bond donors (Lipinski definition) is 1. The van der Waals surface area contributed by atoms with E-state index in [9.17, 15) is 19.3 Å². The number of hydrogen-bond acceptors (Lipinski definition) is 3. The van der Waals surface area contributed by atoms with Crippen LogP contribution in [-0.2, 0) is 6.54 Å². The Morgan fingerprint density at radius 2 is 2.00 bits per heavy atom. The molecule has 0 aliphatic heterocycles. The molecule has 6 nitrogen and oxygen atoms in total. The SMILES string of the molecule is CC(c1ccccc1F)N(C)C(=O)NCc1cccc([N+](=O)[O-])c1. The monoisotopic (exact) mass is 331 g/mol. The van der Waals surface area contributed by atoms with Crippen molar-refractivity contribution in [2.75, 3.05) is 7.05 Å². The van der Waals surface area contributed by atoms with E-state index in [2.05, 4.69) is 5.32 Å². The minimum absolute atomic E-state index is 0.0326. The molecule has 24 heavy (non-hydrogen) atoms. The Bertz CT molecular complexity index is 751. The molecule has 2 aromatic carbocycles. The standard InChI is InChI=1S/C17H18FN3O3/c1-12(15-8-3-4-9-16(15)18)20(2)17(22)19-11-13-6-5-7-14(10-13)21(23)24/h3-10,12H,11H2,1-2H3,(H,19,22). The first-order valence-corrected chi connectivity index (χ1v) is 7.38. The zero-order valence-corrected chi connectivity index (χ0v) is 13.4. The van der Waals surface area contributed by atoms with Gasteiger partial charge in [0.15, 0.2) is 0 Å². The highest BCUT2D eigenvalue weighted by molar-refractivity contribution is 5.74. The number of benzene rings is 2. The highest BCUT2D eigenvalue weighted by Crippen LogP contribution is 2.21. The second kappa shape index (κ2) is 7.54.